The van der Waals surface area contributed by atoms with Crippen LogP contribution in [0, 0.1) is 6.92 Å². The predicted molar refractivity (Wildman–Crippen MR) is 81.6 cm³/mol. The molecule has 2 aromatic carbocycles. The van der Waals surface area contributed by atoms with Crippen LogP contribution in [0.25, 0.3) is 0 Å². The van der Waals surface area contributed by atoms with E-state index in [1.807, 2.05) is 0 Å². The summed E-state index contributed by atoms with van der Waals surface area (Å²) in [5.74, 6) is -0.891. The largest absolute Gasteiger partial charge is 0.480 e. The molecular weight excluding hydrogens is 306 g/mol. The summed E-state index contributed by atoms with van der Waals surface area (Å²) in [7, 11) is -3.92. The summed E-state index contributed by atoms with van der Waals surface area (Å²) < 4.78 is 29.4. The van der Waals surface area contributed by atoms with Crippen molar-refractivity contribution in [3.63, 3.8) is 0 Å². The Morgan fingerprint density at radius 3 is 2.50 bits per heavy atom. The summed E-state index contributed by atoms with van der Waals surface area (Å²) in [5, 5.41) is 11.3. The molecule has 0 saturated carbocycles. The Bertz CT molecular complexity index is 772. The molecule has 0 aromatic heterocycles. The Morgan fingerprint density at radius 1 is 1.18 bits per heavy atom. The highest BCUT2D eigenvalue weighted by Gasteiger charge is 2.16. The molecule has 7 heteroatoms. The van der Waals surface area contributed by atoms with Crippen LogP contribution in [0.2, 0.25) is 0 Å². The van der Waals surface area contributed by atoms with Crippen molar-refractivity contribution in [3.8, 4) is 5.75 Å². The molecule has 0 bridgehead atoms. The van der Waals surface area contributed by atoms with Crippen LogP contribution in [0.4, 0.5) is 5.69 Å². The lowest BCUT2D eigenvalue weighted by Crippen LogP contribution is -2.13. The smallest absolute Gasteiger partial charge is 0.339 e. The summed E-state index contributed by atoms with van der Waals surface area (Å²) in [6, 6.07) is 12.5. The molecule has 22 heavy (non-hydrogen) atoms. The lowest BCUT2D eigenvalue weighted by molar-refractivity contribution is -0.134. The van der Waals surface area contributed by atoms with Crippen LogP contribution in [0.3, 0.4) is 0 Å². The van der Waals surface area contributed by atoms with Crippen molar-refractivity contribution in [3.05, 3.63) is 54.1 Å². The number of carboxylic acid groups (broad SMARTS) is 1. The van der Waals surface area contributed by atoms with E-state index in [1.165, 1.54) is 18.2 Å². The van der Waals surface area contributed by atoms with E-state index in [2.05, 4.69) is 5.32 Å². The van der Waals surface area contributed by atoms with Gasteiger partial charge in [0.25, 0.3) is 0 Å². The van der Waals surface area contributed by atoms with Crippen LogP contribution in [0.15, 0.2) is 53.4 Å². The van der Waals surface area contributed by atoms with Gasteiger partial charge in [-0.15, -0.1) is 0 Å². The number of nitrogens with one attached hydrogen (secondary N) is 1. The maximum atomic E-state index is 12.2. The van der Waals surface area contributed by atoms with Crippen LogP contribution in [0.5, 0.6) is 5.75 Å². The normalized spacial score (nSPS) is 11.0. The van der Waals surface area contributed by atoms with E-state index in [0.29, 0.717) is 5.69 Å². The average Bonchev–Trinajstić information content (AvgIpc) is 2.45. The molecule has 0 unspecified atom stereocenters. The predicted octanol–water partition coefficient (Wildman–Crippen LogP) is 2.26. The molecule has 6 nitrogen and oxygen atoms in total. The van der Waals surface area contributed by atoms with Gasteiger partial charge in [0, 0.05) is 11.8 Å². The molecule has 0 spiro atoms. The molecule has 2 aromatic rings. The number of aliphatic carboxylic acids is 1. The van der Waals surface area contributed by atoms with Gasteiger partial charge in [-0.3, -0.25) is 4.79 Å². The minimum absolute atomic E-state index is 0.0524. The van der Waals surface area contributed by atoms with E-state index >= 15 is 0 Å². The first-order valence-electron chi connectivity index (χ1n) is 6.44. The van der Waals surface area contributed by atoms with Crippen molar-refractivity contribution < 1.29 is 22.5 Å². The van der Waals surface area contributed by atoms with Crippen LogP contribution in [-0.2, 0) is 14.9 Å². The quantitative estimate of drug-likeness (QED) is 0.793. The molecule has 0 atom stereocenters. The first-order chi connectivity index (χ1) is 10.4. The zero-order chi connectivity index (χ0) is 16.2. The Balaban J connectivity index is 2.24. The molecule has 0 heterocycles. The van der Waals surface area contributed by atoms with E-state index < -0.39 is 16.1 Å². The van der Waals surface area contributed by atoms with Gasteiger partial charge < -0.3 is 14.6 Å². The van der Waals surface area contributed by atoms with Gasteiger partial charge in [-0.05, 0) is 36.8 Å². The number of hydrogen-bond acceptors (Lipinski definition) is 5. The van der Waals surface area contributed by atoms with Crippen LogP contribution >= 0.6 is 0 Å². The first kappa shape index (κ1) is 15.8. The molecular formula is C15H15NO5S. The van der Waals surface area contributed by atoms with Crippen molar-refractivity contribution in [2.75, 3.05) is 11.9 Å². The Hall–Kier alpha value is -2.54. The van der Waals surface area contributed by atoms with E-state index in [4.69, 9.17) is 9.29 Å². The van der Waals surface area contributed by atoms with E-state index in [1.54, 1.807) is 37.3 Å². The van der Waals surface area contributed by atoms with Gasteiger partial charge in [-0.25, -0.2) is 0 Å². The van der Waals surface area contributed by atoms with Crippen molar-refractivity contribution in [2.24, 2.45) is 0 Å². The van der Waals surface area contributed by atoms with Crippen LogP contribution in [-0.4, -0.2) is 26.0 Å². The number of benzene rings is 2. The number of aryl methyl sites for hydroxylation is 1. The Labute approximate surface area is 128 Å². The second-order valence-electron chi connectivity index (χ2n) is 4.63. The summed E-state index contributed by atoms with van der Waals surface area (Å²) in [5.41, 5.74) is 1.22. The molecule has 0 amide bonds. The standard InChI is InChI=1S/C15H15NO5S/c1-11-7-12(16-10-15(17)18)9-13(8-11)21-22(19,20)14-5-3-2-4-6-14/h2-9,16H,10H2,1H3,(H,17,18). The molecule has 2 rings (SSSR count). The topological polar surface area (TPSA) is 92.7 Å². The van der Waals surface area contributed by atoms with Crippen molar-refractivity contribution in [1.82, 2.24) is 0 Å². The average molecular weight is 321 g/mol. The fourth-order valence-electron chi connectivity index (χ4n) is 1.84. The number of carbonyl (C=O) groups is 1. The van der Waals surface area contributed by atoms with Gasteiger partial charge >= 0.3 is 16.1 Å². The SMILES string of the molecule is Cc1cc(NCC(=O)O)cc(OS(=O)(=O)c2ccccc2)c1. The van der Waals surface area contributed by atoms with E-state index in [-0.39, 0.29) is 17.2 Å². The molecule has 0 saturated heterocycles. The maximum Gasteiger partial charge on any atom is 0.339 e. The minimum Gasteiger partial charge on any atom is -0.480 e. The van der Waals surface area contributed by atoms with Gasteiger partial charge in [-0.1, -0.05) is 18.2 Å². The first-order valence-corrected chi connectivity index (χ1v) is 7.84. The summed E-state index contributed by atoms with van der Waals surface area (Å²) in [6.07, 6.45) is 0. The second kappa shape index (κ2) is 6.48. The van der Waals surface area contributed by atoms with Crippen LogP contribution < -0.4 is 9.50 Å². The molecule has 0 aliphatic heterocycles. The zero-order valence-corrected chi connectivity index (χ0v) is 12.6. The van der Waals surface area contributed by atoms with E-state index in [9.17, 15) is 13.2 Å². The Kier molecular flexibility index (Phi) is 4.67. The third-order valence-corrected chi connectivity index (χ3v) is 3.99. The fourth-order valence-corrected chi connectivity index (χ4v) is 2.77. The second-order valence-corrected chi connectivity index (χ2v) is 6.18. The molecule has 2 N–H and O–H groups in total. The highest BCUT2D eigenvalue weighted by molar-refractivity contribution is 7.87. The molecule has 116 valence electrons. The minimum atomic E-state index is -3.92. The number of anilines is 1. The van der Waals surface area contributed by atoms with Crippen molar-refractivity contribution in [2.45, 2.75) is 11.8 Å². The van der Waals surface area contributed by atoms with E-state index in [0.717, 1.165) is 5.56 Å². The third kappa shape index (κ3) is 4.23. The van der Waals surface area contributed by atoms with Gasteiger partial charge in [0.2, 0.25) is 0 Å². The van der Waals surface area contributed by atoms with Gasteiger partial charge in [-0.2, -0.15) is 8.42 Å². The lowest BCUT2D eigenvalue weighted by atomic mass is 10.2. The van der Waals surface area contributed by atoms with Gasteiger partial charge in [0.05, 0.1) is 0 Å². The summed E-state index contributed by atoms with van der Waals surface area (Å²) in [4.78, 5) is 10.6. The van der Waals surface area contributed by atoms with Crippen molar-refractivity contribution >= 4 is 21.8 Å². The van der Waals surface area contributed by atoms with Gasteiger partial charge in [0.15, 0.2) is 0 Å². The molecule has 0 aliphatic rings. The fraction of sp³-hybridized carbons (Fsp3) is 0.133. The number of carboxylic acids is 1. The molecule has 0 fully saturated rings. The van der Waals surface area contributed by atoms with Crippen LogP contribution in [0.1, 0.15) is 5.56 Å². The molecule has 0 radical (unpaired) electrons. The summed E-state index contributed by atoms with van der Waals surface area (Å²) in [6.45, 7) is 1.49. The zero-order valence-electron chi connectivity index (χ0n) is 11.8. The highest BCUT2D eigenvalue weighted by atomic mass is 32.2. The number of rotatable bonds is 6. The number of hydrogen-bond donors (Lipinski definition) is 2. The maximum absolute atomic E-state index is 12.2. The lowest BCUT2D eigenvalue weighted by Gasteiger charge is -2.10. The van der Waals surface area contributed by atoms with Crippen molar-refractivity contribution in [1.29, 1.82) is 0 Å². The van der Waals surface area contributed by atoms with Gasteiger partial charge in [0.1, 0.15) is 17.2 Å². The highest BCUT2D eigenvalue weighted by Crippen LogP contribution is 2.24. The third-order valence-electron chi connectivity index (χ3n) is 2.73. The monoisotopic (exact) mass is 321 g/mol. The molecule has 0 aliphatic carbocycles. The summed E-state index contributed by atoms with van der Waals surface area (Å²) >= 11 is 0. The Morgan fingerprint density at radius 2 is 1.86 bits per heavy atom.